The van der Waals surface area contributed by atoms with Crippen LogP contribution in [-0.2, 0) is 11.0 Å². The lowest BCUT2D eigenvalue weighted by Crippen LogP contribution is -1.84. The first-order valence-electron chi connectivity index (χ1n) is 3.69. The van der Waals surface area contributed by atoms with Gasteiger partial charge >= 0.3 is 8.25 Å². The van der Waals surface area contributed by atoms with Gasteiger partial charge in [0, 0.05) is 12.1 Å². The van der Waals surface area contributed by atoms with Crippen LogP contribution in [0.15, 0.2) is 18.2 Å². The van der Waals surface area contributed by atoms with E-state index in [1.807, 2.05) is 6.07 Å². The fourth-order valence-electron chi connectivity index (χ4n) is 0.997. The summed E-state index contributed by atoms with van der Waals surface area (Å²) in [5, 5.41) is 10.2. The van der Waals surface area contributed by atoms with E-state index in [9.17, 15) is 10.1 Å². The van der Waals surface area contributed by atoms with Gasteiger partial charge in [-0.15, -0.1) is 0 Å². The topological polar surface area (TPSA) is 101 Å². The molecule has 0 unspecified atom stereocenters. The fraction of sp³-hybridized carbons (Fsp3) is 0.143. The van der Waals surface area contributed by atoms with E-state index in [1.54, 1.807) is 12.1 Å². The smallest absolute Gasteiger partial charge is 0.314 e. The molecule has 0 saturated carbocycles. The quantitative estimate of drug-likeness (QED) is 0.419. The van der Waals surface area contributed by atoms with Crippen LogP contribution in [0.2, 0.25) is 0 Å². The molecule has 0 aliphatic heterocycles. The number of rotatable bonds is 1. The normalized spacial score (nSPS) is 11.4. The molecule has 76 valence electrons. The highest BCUT2D eigenvalue weighted by Crippen LogP contribution is 2.30. The third kappa shape index (κ3) is 3.26. The molecule has 0 fully saturated rings. The van der Waals surface area contributed by atoms with Gasteiger partial charge < -0.3 is 9.79 Å². The van der Waals surface area contributed by atoms with E-state index in [-0.39, 0.29) is 10.6 Å². The first-order chi connectivity index (χ1) is 6.50. The van der Waals surface area contributed by atoms with Crippen molar-refractivity contribution < 1.29 is 19.3 Å². The summed E-state index contributed by atoms with van der Waals surface area (Å²) in [5.41, 5.74) is 2.57. The molecule has 0 spiro atoms. The van der Waals surface area contributed by atoms with Gasteiger partial charge in [0.05, 0.1) is 4.92 Å². The predicted octanol–water partition coefficient (Wildman–Crippen LogP) is 0.860. The maximum Gasteiger partial charge on any atom is 0.314 e. The second-order valence-electron chi connectivity index (χ2n) is 2.67. The summed E-state index contributed by atoms with van der Waals surface area (Å²) >= 11 is 0. The summed E-state index contributed by atoms with van der Waals surface area (Å²) in [4.78, 5) is 24.1. The second-order valence-corrected chi connectivity index (χ2v) is 3.23. The Kier molecular flexibility index (Phi) is 3.35. The third-order valence-corrected chi connectivity index (χ3v) is 1.66. The van der Waals surface area contributed by atoms with Crippen molar-refractivity contribution in [1.29, 1.82) is 0 Å². The Morgan fingerprint density at radius 3 is 2.36 bits per heavy atom. The largest absolute Gasteiger partial charge is 0.326 e. The molecule has 2 rings (SSSR count). The average Bonchev–Trinajstić information content (AvgIpc) is 2.79. The highest BCUT2D eigenvalue weighted by molar-refractivity contribution is 7.30. The maximum atomic E-state index is 10.2. The van der Waals surface area contributed by atoms with Gasteiger partial charge in [0.25, 0.3) is 5.69 Å². The van der Waals surface area contributed by atoms with E-state index in [4.69, 9.17) is 14.4 Å². The van der Waals surface area contributed by atoms with Crippen LogP contribution in [0.1, 0.15) is 11.1 Å². The lowest BCUT2D eigenvalue weighted by Gasteiger charge is -1.85. The minimum Gasteiger partial charge on any atom is -0.326 e. The summed E-state index contributed by atoms with van der Waals surface area (Å²) in [6, 6.07) is 4.99. The van der Waals surface area contributed by atoms with Crippen molar-refractivity contribution in [3.05, 3.63) is 39.4 Å². The molecule has 6 nitrogen and oxygen atoms in total. The molecule has 0 amide bonds. The summed E-state index contributed by atoms with van der Waals surface area (Å²) < 4.78 is 8.74. The van der Waals surface area contributed by atoms with Crippen molar-refractivity contribution in [2.24, 2.45) is 0 Å². The molecule has 0 saturated heterocycles. The molecule has 7 heteroatoms. The molecular formula is C7H8NO5P. The highest BCUT2D eigenvalue weighted by atomic mass is 31.1. The van der Waals surface area contributed by atoms with Gasteiger partial charge in [-0.3, -0.25) is 14.7 Å². The number of benzene rings is 1. The van der Waals surface area contributed by atoms with Crippen molar-refractivity contribution in [1.82, 2.24) is 0 Å². The SMILES string of the molecule is O=[N+]([O-])c1ccc2c(c1)C2.O=[PH](O)O. The first-order valence-corrected chi connectivity index (χ1v) is 4.99. The zero-order chi connectivity index (χ0) is 10.7. The third-order valence-electron chi connectivity index (χ3n) is 1.66. The van der Waals surface area contributed by atoms with Gasteiger partial charge in [0.1, 0.15) is 0 Å². The number of fused-ring (bicyclic) bond motifs is 1. The second kappa shape index (κ2) is 4.32. The Morgan fingerprint density at radius 2 is 1.93 bits per heavy atom. The maximum absolute atomic E-state index is 10.2. The van der Waals surface area contributed by atoms with E-state index in [1.165, 1.54) is 5.56 Å². The minimum atomic E-state index is -3.13. The summed E-state index contributed by atoms with van der Waals surface area (Å²) in [6.07, 6.45) is 0.938. The Hall–Kier alpha value is -1.23. The molecule has 0 aromatic heterocycles. The fourth-order valence-corrected chi connectivity index (χ4v) is 0.997. The van der Waals surface area contributed by atoms with Crippen LogP contribution in [0.25, 0.3) is 0 Å². The van der Waals surface area contributed by atoms with Crippen molar-refractivity contribution in [3.63, 3.8) is 0 Å². The number of nitrogens with zero attached hydrogens (tertiary/aromatic N) is 1. The number of nitro groups is 1. The van der Waals surface area contributed by atoms with Crippen LogP contribution in [0.3, 0.4) is 0 Å². The first kappa shape index (κ1) is 10.8. The van der Waals surface area contributed by atoms with E-state index in [0.717, 1.165) is 12.0 Å². The standard InChI is InChI=1S/C7H5NO2.H3O3P/c9-8(10)7-2-1-5-3-6(5)4-7;1-4(2)3/h1-2,4H,3H2;4H,(H2,1,2,3). The number of non-ortho nitro benzene ring substituents is 1. The van der Waals surface area contributed by atoms with Crippen LogP contribution >= 0.6 is 8.25 Å². The molecular weight excluding hydrogens is 209 g/mol. The average molecular weight is 217 g/mol. The lowest BCUT2D eigenvalue weighted by atomic mass is 10.3. The Morgan fingerprint density at radius 1 is 1.36 bits per heavy atom. The van der Waals surface area contributed by atoms with Gasteiger partial charge in [-0.25, -0.2) is 0 Å². The molecule has 1 aromatic rings. The molecule has 14 heavy (non-hydrogen) atoms. The van der Waals surface area contributed by atoms with Gasteiger partial charge in [-0.2, -0.15) is 0 Å². The van der Waals surface area contributed by atoms with Crippen LogP contribution < -0.4 is 0 Å². The van der Waals surface area contributed by atoms with Crippen molar-refractivity contribution in [3.8, 4) is 0 Å². The molecule has 0 heterocycles. The number of nitro benzene ring substituents is 1. The van der Waals surface area contributed by atoms with Crippen LogP contribution in [-0.4, -0.2) is 14.7 Å². The van der Waals surface area contributed by atoms with Crippen molar-refractivity contribution in [2.75, 3.05) is 0 Å². The van der Waals surface area contributed by atoms with Crippen LogP contribution in [0, 0.1) is 10.1 Å². The number of hydrogen-bond acceptors (Lipinski definition) is 3. The summed E-state index contributed by atoms with van der Waals surface area (Å²) in [6.45, 7) is 0. The molecule has 0 bridgehead atoms. The zero-order valence-electron chi connectivity index (χ0n) is 7.01. The minimum absolute atomic E-state index is 0.205. The summed E-state index contributed by atoms with van der Waals surface area (Å²) in [5.74, 6) is 0. The van der Waals surface area contributed by atoms with E-state index in [2.05, 4.69) is 0 Å². The highest BCUT2D eigenvalue weighted by Gasteiger charge is 2.19. The molecule has 1 aromatic carbocycles. The predicted molar refractivity (Wildman–Crippen MR) is 49.3 cm³/mol. The van der Waals surface area contributed by atoms with Crippen molar-refractivity contribution >= 4 is 13.9 Å². The van der Waals surface area contributed by atoms with Crippen LogP contribution in [0.4, 0.5) is 5.69 Å². The Bertz CT molecular complexity index is 388. The van der Waals surface area contributed by atoms with Gasteiger partial charge in [-0.05, 0) is 17.5 Å². The zero-order valence-corrected chi connectivity index (χ0v) is 8.01. The van der Waals surface area contributed by atoms with Crippen LogP contribution in [0.5, 0.6) is 0 Å². The molecule has 0 atom stereocenters. The Labute approximate surface area is 79.9 Å². The number of hydrogen-bond donors (Lipinski definition) is 2. The monoisotopic (exact) mass is 217 g/mol. The molecule has 2 N–H and O–H groups in total. The van der Waals surface area contributed by atoms with Gasteiger partial charge in [0.2, 0.25) is 0 Å². The van der Waals surface area contributed by atoms with E-state index >= 15 is 0 Å². The van der Waals surface area contributed by atoms with E-state index < -0.39 is 8.25 Å². The lowest BCUT2D eigenvalue weighted by molar-refractivity contribution is -0.384. The molecule has 0 radical (unpaired) electrons. The van der Waals surface area contributed by atoms with Crippen molar-refractivity contribution in [2.45, 2.75) is 6.42 Å². The van der Waals surface area contributed by atoms with Gasteiger partial charge in [0.15, 0.2) is 0 Å². The van der Waals surface area contributed by atoms with E-state index in [0.29, 0.717) is 0 Å². The Balaban J connectivity index is 0.000000213. The molecule has 1 aliphatic rings. The summed E-state index contributed by atoms with van der Waals surface area (Å²) in [7, 11) is -3.13. The molecule has 1 aliphatic carbocycles. The van der Waals surface area contributed by atoms with Gasteiger partial charge in [-0.1, -0.05) is 6.07 Å².